The van der Waals surface area contributed by atoms with Crippen LogP contribution in [0.2, 0.25) is 0 Å². The molecular formula is C10H10O4. The summed E-state index contributed by atoms with van der Waals surface area (Å²) in [5.74, 6) is -2.29. The van der Waals surface area contributed by atoms with E-state index in [1.54, 1.807) is 12.1 Å². The normalized spacial score (nSPS) is 12.1. The topological polar surface area (TPSA) is 74.6 Å². The summed E-state index contributed by atoms with van der Waals surface area (Å²) in [5, 5.41) is 17.4. The lowest BCUT2D eigenvalue weighted by molar-refractivity contribution is -0.140. The summed E-state index contributed by atoms with van der Waals surface area (Å²) in [6.07, 6.45) is 0.385. The zero-order valence-corrected chi connectivity index (χ0v) is 7.38. The number of aliphatic hydroxyl groups excluding tert-OH is 1. The zero-order chi connectivity index (χ0) is 10.6. The third-order valence-electron chi connectivity index (χ3n) is 1.92. The molecule has 0 saturated carbocycles. The van der Waals surface area contributed by atoms with Gasteiger partial charge in [0.15, 0.2) is 0 Å². The molecule has 1 aromatic carbocycles. The number of carbonyl (C=O) groups is 2. The Kier molecular flexibility index (Phi) is 3.36. The highest BCUT2D eigenvalue weighted by atomic mass is 16.4. The molecular weight excluding hydrogens is 184 g/mol. The number of aliphatic carboxylic acids is 1. The summed E-state index contributed by atoms with van der Waals surface area (Å²) in [6.45, 7) is -0.0981. The van der Waals surface area contributed by atoms with E-state index in [0.717, 1.165) is 0 Å². The standard InChI is InChI=1S/C10H10O4/c11-5-7-1-3-8(4-2-7)9(6-12)10(13)14/h1-4,6,9,11H,5H2,(H,13,14). The molecule has 0 aliphatic carbocycles. The number of hydrogen-bond acceptors (Lipinski definition) is 3. The Balaban J connectivity index is 2.94. The van der Waals surface area contributed by atoms with Crippen molar-refractivity contribution in [3.63, 3.8) is 0 Å². The SMILES string of the molecule is O=CC(C(=O)O)c1ccc(CO)cc1. The number of benzene rings is 1. The molecule has 0 bridgehead atoms. The monoisotopic (exact) mass is 194 g/mol. The third kappa shape index (κ3) is 2.17. The summed E-state index contributed by atoms with van der Waals surface area (Å²) in [7, 11) is 0. The van der Waals surface area contributed by atoms with Gasteiger partial charge in [-0.15, -0.1) is 0 Å². The predicted molar refractivity (Wildman–Crippen MR) is 48.8 cm³/mol. The van der Waals surface area contributed by atoms with Crippen LogP contribution in [0.15, 0.2) is 24.3 Å². The van der Waals surface area contributed by atoms with Gasteiger partial charge in [0, 0.05) is 0 Å². The van der Waals surface area contributed by atoms with E-state index < -0.39 is 11.9 Å². The van der Waals surface area contributed by atoms with Gasteiger partial charge in [0.1, 0.15) is 12.2 Å². The summed E-state index contributed by atoms with van der Waals surface area (Å²) in [4.78, 5) is 21.1. The Morgan fingerprint density at radius 3 is 2.29 bits per heavy atom. The van der Waals surface area contributed by atoms with Crippen LogP contribution in [0, 0.1) is 0 Å². The Labute approximate surface area is 80.8 Å². The van der Waals surface area contributed by atoms with E-state index in [1.165, 1.54) is 12.1 Å². The number of aldehydes is 1. The molecule has 1 rings (SSSR count). The van der Waals surface area contributed by atoms with Crippen molar-refractivity contribution in [1.29, 1.82) is 0 Å². The number of hydrogen-bond donors (Lipinski definition) is 2. The van der Waals surface area contributed by atoms with Gasteiger partial charge >= 0.3 is 5.97 Å². The van der Waals surface area contributed by atoms with Gasteiger partial charge in [-0.25, -0.2) is 0 Å². The molecule has 0 amide bonds. The van der Waals surface area contributed by atoms with Crippen LogP contribution in [-0.4, -0.2) is 22.5 Å². The number of carbonyl (C=O) groups excluding carboxylic acids is 1. The summed E-state index contributed by atoms with van der Waals surface area (Å²) in [5.41, 5.74) is 1.11. The molecule has 14 heavy (non-hydrogen) atoms. The minimum atomic E-state index is -1.17. The first-order chi connectivity index (χ1) is 6.69. The van der Waals surface area contributed by atoms with E-state index in [9.17, 15) is 9.59 Å². The predicted octanol–water partition coefficient (Wildman–Crippen LogP) is 0.546. The molecule has 0 aliphatic rings. The van der Waals surface area contributed by atoms with E-state index in [2.05, 4.69) is 0 Å². The molecule has 0 radical (unpaired) electrons. The van der Waals surface area contributed by atoms with Gasteiger partial charge in [0.05, 0.1) is 6.61 Å². The first-order valence-corrected chi connectivity index (χ1v) is 4.07. The van der Waals surface area contributed by atoms with Crippen LogP contribution in [-0.2, 0) is 16.2 Å². The lowest BCUT2D eigenvalue weighted by Gasteiger charge is -2.05. The van der Waals surface area contributed by atoms with Crippen LogP contribution in [0.3, 0.4) is 0 Å². The van der Waals surface area contributed by atoms with Gasteiger partial charge in [-0.2, -0.15) is 0 Å². The maximum atomic E-state index is 10.6. The van der Waals surface area contributed by atoms with Gasteiger partial charge < -0.3 is 15.0 Å². The second-order valence-electron chi connectivity index (χ2n) is 2.85. The van der Waals surface area contributed by atoms with Crippen LogP contribution in [0.5, 0.6) is 0 Å². The second kappa shape index (κ2) is 4.53. The highest BCUT2D eigenvalue weighted by molar-refractivity contribution is 5.92. The van der Waals surface area contributed by atoms with Gasteiger partial charge in [-0.3, -0.25) is 4.79 Å². The molecule has 0 saturated heterocycles. The third-order valence-corrected chi connectivity index (χ3v) is 1.92. The molecule has 2 N–H and O–H groups in total. The van der Waals surface area contributed by atoms with Gasteiger partial charge in [0.2, 0.25) is 0 Å². The molecule has 4 nitrogen and oxygen atoms in total. The highest BCUT2D eigenvalue weighted by Crippen LogP contribution is 2.14. The Morgan fingerprint density at radius 2 is 1.93 bits per heavy atom. The van der Waals surface area contributed by atoms with Crippen LogP contribution in [0.1, 0.15) is 17.0 Å². The molecule has 1 atom stereocenters. The molecule has 1 aromatic rings. The maximum absolute atomic E-state index is 10.6. The minimum Gasteiger partial charge on any atom is -0.480 e. The number of carboxylic acid groups (broad SMARTS) is 1. The van der Waals surface area contributed by atoms with Crippen molar-refractivity contribution in [2.75, 3.05) is 0 Å². The van der Waals surface area contributed by atoms with Crippen molar-refractivity contribution in [1.82, 2.24) is 0 Å². The largest absolute Gasteiger partial charge is 0.480 e. The average Bonchev–Trinajstić information content (AvgIpc) is 2.19. The van der Waals surface area contributed by atoms with Crippen LogP contribution in [0.25, 0.3) is 0 Å². The van der Waals surface area contributed by atoms with Crippen LogP contribution < -0.4 is 0 Å². The average molecular weight is 194 g/mol. The lowest BCUT2D eigenvalue weighted by Crippen LogP contribution is -2.12. The second-order valence-corrected chi connectivity index (χ2v) is 2.85. The fraction of sp³-hybridized carbons (Fsp3) is 0.200. The smallest absolute Gasteiger partial charge is 0.318 e. The van der Waals surface area contributed by atoms with E-state index in [1.807, 2.05) is 0 Å². The van der Waals surface area contributed by atoms with Gasteiger partial charge in [0.25, 0.3) is 0 Å². The lowest BCUT2D eigenvalue weighted by atomic mass is 10.00. The van der Waals surface area contributed by atoms with Crippen molar-refractivity contribution in [2.45, 2.75) is 12.5 Å². The Hall–Kier alpha value is -1.68. The van der Waals surface area contributed by atoms with Crippen molar-refractivity contribution < 1.29 is 19.8 Å². The molecule has 74 valence electrons. The Morgan fingerprint density at radius 1 is 1.36 bits per heavy atom. The molecule has 0 fully saturated rings. The summed E-state index contributed by atoms with van der Waals surface area (Å²) >= 11 is 0. The molecule has 0 aromatic heterocycles. The number of rotatable bonds is 4. The van der Waals surface area contributed by atoms with E-state index in [0.29, 0.717) is 17.4 Å². The zero-order valence-electron chi connectivity index (χ0n) is 7.38. The van der Waals surface area contributed by atoms with Gasteiger partial charge in [-0.05, 0) is 11.1 Å². The Bertz CT molecular complexity index is 328. The van der Waals surface area contributed by atoms with E-state index >= 15 is 0 Å². The van der Waals surface area contributed by atoms with E-state index in [4.69, 9.17) is 10.2 Å². The fourth-order valence-electron chi connectivity index (χ4n) is 1.11. The minimum absolute atomic E-state index is 0.0981. The molecule has 0 aliphatic heterocycles. The maximum Gasteiger partial charge on any atom is 0.318 e. The highest BCUT2D eigenvalue weighted by Gasteiger charge is 2.18. The molecule has 0 spiro atoms. The number of aliphatic hydroxyl groups is 1. The van der Waals surface area contributed by atoms with Crippen molar-refractivity contribution in [3.05, 3.63) is 35.4 Å². The van der Waals surface area contributed by atoms with Crippen molar-refractivity contribution in [2.24, 2.45) is 0 Å². The number of carboxylic acids is 1. The van der Waals surface area contributed by atoms with E-state index in [-0.39, 0.29) is 6.61 Å². The van der Waals surface area contributed by atoms with Crippen molar-refractivity contribution >= 4 is 12.3 Å². The quantitative estimate of drug-likeness (QED) is 0.542. The molecule has 0 heterocycles. The molecule has 1 unspecified atom stereocenters. The molecule has 4 heteroatoms. The summed E-state index contributed by atoms with van der Waals surface area (Å²) < 4.78 is 0. The van der Waals surface area contributed by atoms with Crippen molar-refractivity contribution in [3.8, 4) is 0 Å². The van der Waals surface area contributed by atoms with Crippen LogP contribution in [0.4, 0.5) is 0 Å². The van der Waals surface area contributed by atoms with Gasteiger partial charge in [-0.1, -0.05) is 24.3 Å². The fourth-order valence-corrected chi connectivity index (χ4v) is 1.11. The summed E-state index contributed by atoms with van der Waals surface area (Å²) in [6, 6.07) is 6.24. The first kappa shape index (κ1) is 10.4. The first-order valence-electron chi connectivity index (χ1n) is 4.07. The van der Waals surface area contributed by atoms with Crippen LogP contribution >= 0.6 is 0 Å².